The number of allylic oxidation sites excluding steroid dienone is 2. The standard InChI is InChI=1S/C20H24O2/c1-2-3-4-8-12-20-13-11-16(15-9-6-5-7-10-15)17(19(20)22)14-18(20)21/h5-7,9-11,17H,2-4,8,12-14H2,1H3. The Bertz CT molecular complexity index is 599. The minimum atomic E-state index is -0.684. The molecule has 1 fully saturated rings. The molecule has 2 nitrogen and oxygen atoms in total. The van der Waals surface area contributed by atoms with Crippen LogP contribution in [0.1, 0.15) is 57.4 Å². The maximum absolute atomic E-state index is 12.9. The highest BCUT2D eigenvalue weighted by atomic mass is 16.2. The Kier molecular flexibility index (Phi) is 4.28. The molecule has 2 heteroatoms. The molecule has 2 aliphatic carbocycles. The van der Waals surface area contributed by atoms with Crippen molar-refractivity contribution < 1.29 is 9.59 Å². The zero-order chi connectivity index (χ0) is 15.6. The molecular weight excluding hydrogens is 272 g/mol. The summed E-state index contributed by atoms with van der Waals surface area (Å²) in [5.74, 6) is 0.173. The molecule has 2 unspecified atom stereocenters. The zero-order valence-corrected chi connectivity index (χ0v) is 13.3. The van der Waals surface area contributed by atoms with Gasteiger partial charge < -0.3 is 0 Å². The van der Waals surface area contributed by atoms with E-state index in [1.165, 1.54) is 12.8 Å². The van der Waals surface area contributed by atoms with Crippen LogP contribution in [0.4, 0.5) is 0 Å². The molecule has 0 heterocycles. The lowest BCUT2D eigenvalue weighted by Gasteiger charge is -2.29. The fraction of sp³-hybridized carbons (Fsp3) is 0.500. The maximum Gasteiger partial charge on any atom is 0.154 e. The molecule has 3 rings (SSSR count). The van der Waals surface area contributed by atoms with Crippen molar-refractivity contribution in [3.05, 3.63) is 42.0 Å². The lowest BCUT2D eigenvalue weighted by molar-refractivity contribution is -0.136. The van der Waals surface area contributed by atoms with Gasteiger partial charge in [0, 0.05) is 6.42 Å². The van der Waals surface area contributed by atoms with Crippen molar-refractivity contribution in [1.82, 2.24) is 0 Å². The first-order valence-corrected chi connectivity index (χ1v) is 8.52. The maximum atomic E-state index is 12.9. The van der Waals surface area contributed by atoms with Crippen LogP contribution in [0.15, 0.2) is 36.4 Å². The second-order valence-corrected chi connectivity index (χ2v) is 6.67. The average Bonchev–Trinajstić information content (AvgIpc) is 2.70. The number of carbonyl (C=O) groups is 2. The summed E-state index contributed by atoms with van der Waals surface area (Å²) < 4.78 is 0. The highest BCUT2D eigenvalue weighted by molar-refractivity contribution is 6.19. The topological polar surface area (TPSA) is 34.1 Å². The van der Waals surface area contributed by atoms with Gasteiger partial charge in [-0.25, -0.2) is 0 Å². The van der Waals surface area contributed by atoms with E-state index in [1.54, 1.807) is 0 Å². The predicted octanol–water partition coefficient (Wildman–Crippen LogP) is 4.59. The highest BCUT2D eigenvalue weighted by Gasteiger charge is 2.56. The number of Topliss-reactive ketones (excluding diaryl/α,β-unsaturated/α-hetero) is 2. The molecule has 0 saturated heterocycles. The van der Waals surface area contributed by atoms with Crippen LogP contribution >= 0.6 is 0 Å². The van der Waals surface area contributed by atoms with Crippen molar-refractivity contribution in [2.24, 2.45) is 11.3 Å². The van der Waals surface area contributed by atoms with Crippen LogP contribution in [0.5, 0.6) is 0 Å². The molecule has 22 heavy (non-hydrogen) atoms. The zero-order valence-electron chi connectivity index (χ0n) is 13.3. The third kappa shape index (κ3) is 2.45. The third-order valence-corrected chi connectivity index (χ3v) is 5.32. The Balaban J connectivity index is 1.82. The number of ketones is 2. The molecule has 0 N–H and O–H groups in total. The average molecular weight is 296 g/mol. The smallest absolute Gasteiger partial charge is 0.154 e. The molecule has 1 aromatic carbocycles. The summed E-state index contributed by atoms with van der Waals surface area (Å²) in [6.07, 6.45) is 8.41. The molecule has 1 aromatic rings. The van der Waals surface area contributed by atoms with Gasteiger partial charge in [-0.05, 0) is 24.0 Å². The molecule has 0 aromatic heterocycles. The van der Waals surface area contributed by atoms with Gasteiger partial charge in [0.2, 0.25) is 0 Å². The Morgan fingerprint density at radius 3 is 2.59 bits per heavy atom. The Morgan fingerprint density at radius 2 is 1.86 bits per heavy atom. The molecule has 1 saturated carbocycles. The Labute approximate surface area is 132 Å². The molecule has 0 radical (unpaired) electrons. The van der Waals surface area contributed by atoms with Crippen LogP contribution in [0.2, 0.25) is 0 Å². The van der Waals surface area contributed by atoms with E-state index in [9.17, 15) is 9.59 Å². The van der Waals surface area contributed by atoms with Crippen molar-refractivity contribution in [3.63, 3.8) is 0 Å². The van der Waals surface area contributed by atoms with Crippen LogP contribution in [0.3, 0.4) is 0 Å². The van der Waals surface area contributed by atoms with Crippen molar-refractivity contribution >= 4 is 17.1 Å². The van der Waals surface area contributed by atoms with Gasteiger partial charge >= 0.3 is 0 Å². The van der Waals surface area contributed by atoms with Crippen LogP contribution in [-0.4, -0.2) is 11.6 Å². The first kappa shape index (κ1) is 15.2. The summed E-state index contributed by atoms with van der Waals surface area (Å²) >= 11 is 0. The number of rotatable bonds is 6. The van der Waals surface area contributed by atoms with Gasteiger partial charge in [-0.2, -0.15) is 0 Å². The number of hydrogen-bond acceptors (Lipinski definition) is 2. The number of fused-ring (bicyclic) bond motifs is 2. The van der Waals surface area contributed by atoms with Crippen molar-refractivity contribution in [2.45, 2.75) is 51.9 Å². The summed E-state index contributed by atoms with van der Waals surface area (Å²) in [6.45, 7) is 2.18. The minimum Gasteiger partial charge on any atom is -0.299 e. The predicted molar refractivity (Wildman–Crippen MR) is 88.3 cm³/mol. The molecule has 0 spiro atoms. The molecular formula is C20H24O2. The van der Waals surface area contributed by atoms with Crippen LogP contribution in [-0.2, 0) is 9.59 Å². The summed E-state index contributed by atoms with van der Waals surface area (Å²) in [6, 6.07) is 10.0. The lowest BCUT2D eigenvalue weighted by Crippen LogP contribution is -2.36. The van der Waals surface area contributed by atoms with Crippen molar-refractivity contribution in [1.29, 1.82) is 0 Å². The molecule has 2 atom stereocenters. The first-order valence-electron chi connectivity index (χ1n) is 8.52. The van der Waals surface area contributed by atoms with Gasteiger partial charge in [-0.15, -0.1) is 0 Å². The monoisotopic (exact) mass is 296 g/mol. The van der Waals surface area contributed by atoms with Gasteiger partial charge in [0.05, 0.1) is 11.3 Å². The molecule has 0 amide bonds. The highest BCUT2D eigenvalue weighted by Crippen LogP contribution is 2.51. The molecule has 0 aliphatic heterocycles. The van der Waals surface area contributed by atoms with Gasteiger partial charge in [-0.3, -0.25) is 9.59 Å². The van der Waals surface area contributed by atoms with Gasteiger partial charge in [0.25, 0.3) is 0 Å². The van der Waals surface area contributed by atoms with E-state index in [4.69, 9.17) is 0 Å². The SMILES string of the molecule is CCCCCCC12CC=C(c3ccccc3)C(CC1=O)C2=O. The second kappa shape index (κ2) is 6.20. The Hall–Kier alpha value is -1.70. The minimum absolute atomic E-state index is 0.182. The van der Waals surface area contributed by atoms with Gasteiger partial charge in [0.15, 0.2) is 5.78 Å². The first-order chi connectivity index (χ1) is 10.7. The van der Waals surface area contributed by atoms with Gasteiger partial charge in [0.1, 0.15) is 5.78 Å². The van der Waals surface area contributed by atoms with Crippen molar-refractivity contribution in [2.75, 3.05) is 0 Å². The molecule has 2 bridgehead atoms. The van der Waals surface area contributed by atoms with Crippen LogP contribution in [0.25, 0.3) is 5.57 Å². The number of hydrogen-bond donors (Lipinski definition) is 0. The quantitative estimate of drug-likeness (QED) is 0.568. The van der Waals surface area contributed by atoms with E-state index in [-0.39, 0.29) is 17.5 Å². The van der Waals surface area contributed by atoms with Gasteiger partial charge in [-0.1, -0.05) is 69.0 Å². The summed E-state index contributed by atoms with van der Waals surface area (Å²) in [4.78, 5) is 25.5. The number of carbonyl (C=O) groups excluding carboxylic acids is 2. The van der Waals surface area contributed by atoms with E-state index >= 15 is 0 Å². The number of benzene rings is 1. The van der Waals surface area contributed by atoms with Crippen molar-refractivity contribution in [3.8, 4) is 0 Å². The molecule has 2 aliphatic rings. The van der Waals surface area contributed by atoms with Crippen LogP contribution in [0, 0.1) is 11.3 Å². The van der Waals surface area contributed by atoms with Crippen LogP contribution < -0.4 is 0 Å². The van der Waals surface area contributed by atoms with E-state index < -0.39 is 5.41 Å². The van der Waals surface area contributed by atoms with E-state index in [0.29, 0.717) is 12.8 Å². The second-order valence-electron chi connectivity index (χ2n) is 6.67. The van der Waals surface area contributed by atoms with E-state index in [1.807, 2.05) is 30.3 Å². The fourth-order valence-corrected chi connectivity index (χ4v) is 4.00. The summed E-state index contributed by atoms with van der Waals surface area (Å²) in [5, 5.41) is 0. The fourth-order valence-electron chi connectivity index (χ4n) is 4.00. The third-order valence-electron chi connectivity index (χ3n) is 5.32. The molecule has 116 valence electrons. The largest absolute Gasteiger partial charge is 0.299 e. The Morgan fingerprint density at radius 1 is 1.09 bits per heavy atom. The van der Waals surface area contributed by atoms with E-state index in [2.05, 4.69) is 13.0 Å². The lowest BCUT2D eigenvalue weighted by atomic mass is 9.71. The number of unbranched alkanes of at least 4 members (excludes halogenated alkanes) is 3. The summed E-state index contributed by atoms with van der Waals surface area (Å²) in [7, 11) is 0. The summed E-state index contributed by atoms with van der Waals surface area (Å²) in [5.41, 5.74) is 1.48. The van der Waals surface area contributed by atoms with E-state index in [0.717, 1.165) is 30.4 Å². The normalized spacial score (nSPS) is 27.1.